The maximum atomic E-state index is 11.3. The molecule has 3 unspecified atom stereocenters. The minimum Gasteiger partial charge on any atom is -0.349 e. The van der Waals surface area contributed by atoms with E-state index in [1.807, 2.05) is 0 Å². The molecular formula is C12H19NO. The summed E-state index contributed by atoms with van der Waals surface area (Å²) in [6.07, 6.45) is 5.34. The van der Waals surface area contributed by atoms with Gasteiger partial charge in [0.2, 0.25) is 5.91 Å². The van der Waals surface area contributed by atoms with Crippen molar-refractivity contribution in [3.63, 3.8) is 0 Å². The van der Waals surface area contributed by atoms with E-state index < -0.39 is 0 Å². The molecule has 78 valence electrons. The Morgan fingerprint density at radius 1 is 1.50 bits per heavy atom. The van der Waals surface area contributed by atoms with Gasteiger partial charge in [-0.3, -0.25) is 4.79 Å². The lowest BCUT2D eigenvalue weighted by Gasteiger charge is -2.56. The Balaban J connectivity index is 2.05. The summed E-state index contributed by atoms with van der Waals surface area (Å²) in [7, 11) is 0. The summed E-state index contributed by atoms with van der Waals surface area (Å²) in [5, 5.41) is 3.07. The number of carbonyl (C=O) groups is 1. The van der Waals surface area contributed by atoms with Crippen LogP contribution < -0.4 is 5.32 Å². The predicted molar refractivity (Wildman–Crippen MR) is 56.7 cm³/mol. The second-order valence-electron chi connectivity index (χ2n) is 5.21. The van der Waals surface area contributed by atoms with Crippen molar-refractivity contribution in [1.29, 1.82) is 0 Å². The first kappa shape index (κ1) is 9.75. The number of rotatable bonds is 2. The van der Waals surface area contributed by atoms with Crippen LogP contribution in [0.1, 0.15) is 33.1 Å². The molecule has 2 nitrogen and oxygen atoms in total. The third kappa shape index (κ3) is 1.20. The van der Waals surface area contributed by atoms with E-state index >= 15 is 0 Å². The molecule has 0 aromatic heterocycles. The predicted octanol–water partition coefficient (Wildman–Crippen LogP) is 2.11. The van der Waals surface area contributed by atoms with E-state index in [4.69, 9.17) is 0 Å². The monoisotopic (exact) mass is 193 g/mol. The molecular weight excluding hydrogens is 174 g/mol. The van der Waals surface area contributed by atoms with E-state index in [0.29, 0.717) is 11.5 Å². The highest BCUT2D eigenvalue weighted by atomic mass is 16.1. The second-order valence-corrected chi connectivity index (χ2v) is 5.21. The van der Waals surface area contributed by atoms with Crippen LogP contribution in [0.15, 0.2) is 12.7 Å². The molecule has 14 heavy (non-hydrogen) atoms. The fraction of sp³-hybridized carbons (Fsp3) is 0.750. The van der Waals surface area contributed by atoms with Crippen LogP contribution in [0.25, 0.3) is 0 Å². The standard InChI is InChI=1S/C12H19NO/c1-4-10(14)13-11-8-6-5-7-9(8)12(11,2)3/h4,8-9,11H,1,5-7H2,2-3H3,(H,13,14). The average Bonchev–Trinajstić information content (AvgIpc) is 2.60. The van der Waals surface area contributed by atoms with Gasteiger partial charge in [0.15, 0.2) is 0 Å². The summed E-state index contributed by atoms with van der Waals surface area (Å²) in [4.78, 5) is 11.3. The Morgan fingerprint density at radius 2 is 2.21 bits per heavy atom. The zero-order valence-corrected chi connectivity index (χ0v) is 9.05. The zero-order chi connectivity index (χ0) is 10.3. The number of nitrogens with one attached hydrogen (secondary N) is 1. The number of amides is 1. The number of fused-ring (bicyclic) bond motifs is 1. The minimum atomic E-state index is -0.0200. The van der Waals surface area contributed by atoms with Crippen molar-refractivity contribution in [2.45, 2.75) is 39.2 Å². The average molecular weight is 193 g/mol. The van der Waals surface area contributed by atoms with Gasteiger partial charge < -0.3 is 5.32 Å². The van der Waals surface area contributed by atoms with Crippen LogP contribution in [0.2, 0.25) is 0 Å². The first-order valence-electron chi connectivity index (χ1n) is 5.50. The molecule has 0 heterocycles. The van der Waals surface area contributed by atoms with Crippen LogP contribution in [0.4, 0.5) is 0 Å². The van der Waals surface area contributed by atoms with Gasteiger partial charge in [-0.1, -0.05) is 26.8 Å². The van der Waals surface area contributed by atoms with Crippen molar-refractivity contribution in [2.75, 3.05) is 0 Å². The molecule has 0 aromatic carbocycles. The molecule has 2 rings (SSSR count). The Kier molecular flexibility index (Phi) is 2.17. The molecule has 0 aliphatic heterocycles. The summed E-state index contributed by atoms with van der Waals surface area (Å²) in [5.41, 5.74) is 0.292. The Labute approximate surface area is 85.8 Å². The van der Waals surface area contributed by atoms with E-state index in [2.05, 4.69) is 25.7 Å². The SMILES string of the molecule is C=CC(=O)NC1C2CCCC2C1(C)C. The quantitative estimate of drug-likeness (QED) is 0.669. The molecule has 0 aromatic rings. The fourth-order valence-corrected chi connectivity index (χ4v) is 3.48. The fourth-order valence-electron chi connectivity index (χ4n) is 3.48. The maximum absolute atomic E-state index is 11.3. The number of hydrogen-bond donors (Lipinski definition) is 1. The third-order valence-corrected chi connectivity index (χ3v) is 4.24. The summed E-state index contributed by atoms with van der Waals surface area (Å²) < 4.78 is 0. The normalized spacial score (nSPS) is 38.3. The van der Waals surface area contributed by atoms with Gasteiger partial charge in [-0.2, -0.15) is 0 Å². The molecule has 0 bridgehead atoms. The molecule has 0 radical (unpaired) electrons. The van der Waals surface area contributed by atoms with Crippen molar-refractivity contribution in [3.05, 3.63) is 12.7 Å². The first-order chi connectivity index (χ1) is 6.57. The molecule has 2 aliphatic rings. The summed E-state index contributed by atoms with van der Waals surface area (Å²) in [5.74, 6) is 1.54. The van der Waals surface area contributed by atoms with Crippen LogP contribution in [0.3, 0.4) is 0 Å². The van der Waals surface area contributed by atoms with E-state index in [0.717, 1.165) is 11.8 Å². The maximum Gasteiger partial charge on any atom is 0.243 e. The summed E-state index contributed by atoms with van der Waals surface area (Å²) >= 11 is 0. The van der Waals surface area contributed by atoms with Crippen molar-refractivity contribution in [2.24, 2.45) is 17.3 Å². The molecule has 1 N–H and O–H groups in total. The Bertz CT molecular complexity index is 269. The van der Waals surface area contributed by atoms with Crippen LogP contribution >= 0.6 is 0 Å². The topological polar surface area (TPSA) is 29.1 Å². The van der Waals surface area contributed by atoms with Gasteiger partial charge >= 0.3 is 0 Å². The number of carbonyl (C=O) groups excluding carboxylic acids is 1. The summed E-state index contributed by atoms with van der Waals surface area (Å²) in [6, 6.07) is 0.375. The molecule has 0 saturated heterocycles. The van der Waals surface area contributed by atoms with Gasteiger partial charge in [0, 0.05) is 6.04 Å². The highest BCUT2D eigenvalue weighted by Crippen LogP contribution is 2.58. The molecule has 2 fully saturated rings. The van der Waals surface area contributed by atoms with Gasteiger partial charge in [0.25, 0.3) is 0 Å². The van der Waals surface area contributed by atoms with Gasteiger partial charge in [-0.25, -0.2) is 0 Å². The third-order valence-electron chi connectivity index (χ3n) is 4.24. The van der Waals surface area contributed by atoms with Crippen molar-refractivity contribution in [3.8, 4) is 0 Å². The number of hydrogen-bond acceptors (Lipinski definition) is 1. The highest BCUT2D eigenvalue weighted by Gasteiger charge is 2.57. The molecule has 2 heteroatoms. The largest absolute Gasteiger partial charge is 0.349 e. The van der Waals surface area contributed by atoms with Gasteiger partial charge in [-0.15, -0.1) is 0 Å². The first-order valence-corrected chi connectivity index (χ1v) is 5.50. The van der Waals surface area contributed by atoms with Gasteiger partial charge in [0.05, 0.1) is 0 Å². The van der Waals surface area contributed by atoms with E-state index in [1.54, 1.807) is 0 Å². The lowest BCUT2D eigenvalue weighted by molar-refractivity contribution is -0.123. The van der Waals surface area contributed by atoms with E-state index in [9.17, 15) is 4.79 Å². The highest BCUT2D eigenvalue weighted by molar-refractivity contribution is 5.87. The summed E-state index contributed by atoms with van der Waals surface area (Å²) in [6.45, 7) is 8.04. The zero-order valence-electron chi connectivity index (χ0n) is 9.05. The second kappa shape index (κ2) is 3.11. The smallest absolute Gasteiger partial charge is 0.243 e. The van der Waals surface area contributed by atoms with Crippen LogP contribution in [-0.2, 0) is 4.79 Å². The molecule has 0 spiro atoms. The van der Waals surface area contributed by atoms with Gasteiger partial charge in [-0.05, 0) is 36.2 Å². The van der Waals surface area contributed by atoms with Crippen molar-refractivity contribution in [1.82, 2.24) is 5.32 Å². The van der Waals surface area contributed by atoms with Crippen LogP contribution in [-0.4, -0.2) is 11.9 Å². The lowest BCUT2D eigenvalue weighted by atomic mass is 9.53. The molecule has 2 saturated carbocycles. The minimum absolute atomic E-state index is 0.0200. The van der Waals surface area contributed by atoms with E-state index in [-0.39, 0.29) is 5.91 Å². The Morgan fingerprint density at radius 3 is 2.86 bits per heavy atom. The molecule has 3 atom stereocenters. The molecule has 1 amide bonds. The van der Waals surface area contributed by atoms with Gasteiger partial charge in [0.1, 0.15) is 0 Å². The molecule has 2 aliphatic carbocycles. The van der Waals surface area contributed by atoms with Crippen molar-refractivity contribution >= 4 is 5.91 Å². The van der Waals surface area contributed by atoms with Crippen LogP contribution in [0, 0.1) is 17.3 Å². The van der Waals surface area contributed by atoms with Crippen molar-refractivity contribution < 1.29 is 4.79 Å². The van der Waals surface area contributed by atoms with E-state index in [1.165, 1.54) is 25.3 Å². The lowest BCUT2D eigenvalue weighted by Crippen LogP contribution is -2.63. The Hall–Kier alpha value is -0.790. The van der Waals surface area contributed by atoms with Crippen LogP contribution in [0.5, 0.6) is 0 Å².